The van der Waals surface area contributed by atoms with Crippen molar-refractivity contribution in [2.75, 3.05) is 0 Å². The summed E-state index contributed by atoms with van der Waals surface area (Å²) in [5.74, 6) is -0.0851. The molecule has 0 saturated heterocycles. The van der Waals surface area contributed by atoms with Crippen LogP contribution in [-0.4, -0.2) is 16.7 Å². The van der Waals surface area contributed by atoms with Gasteiger partial charge in [-0.05, 0) is 44.5 Å². The fourth-order valence-electron chi connectivity index (χ4n) is 1.74. The molecule has 0 atom stereocenters. The molecule has 0 unspecified atom stereocenters. The Hall–Kier alpha value is -2.69. The van der Waals surface area contributed by atoms with Crippen LogP contribution in [0.4, 0.5) is 4.79 Å². The summed E-state index contributed by atoms with van der Waals surface area (Å²) in [5.41, 5.74) is 0.436. The quantitative estimate of drug-likeness (QED) is 0.795. The number of rotatable bonds is 2. The topological polar surface area (TPSA) is 65.5 Å². The Morgan fingerprint density at radius 3 is 2.45 bits per heavy atom. The van der Waals surface area contributed by atoms with Crippen LogP contribution < -0.4 is 10.2 Å². The monoisotopic (exact) mass is 299 g/mol. The van der Waals surface area contributed by atoms with E-state index in [9.17, 15) is 9.59 Å². The van der Waals surface area contributed by atoms with E-state index in [4.69, 9.17) is 9.47 Å². The van der Waals surface area contributed by atoms with Gasteiger partial charge in [-0.25, -0.2) is 4.79 Å². The molecule has 0 radical (unpaired) electrons. The zero-order valence-corrected chi connectivity index (χ0v) is 12.7. The summed E-state index contributed by atoms with van der Waals surface area (Å²) in [7, 11) is 0. The summed E-state index contributed by atoms with van der Waals surface area (Å²) in [5, 5.41) is 0. The molecular formula is C17H17NO4. The van der Waals surface area contributed by atoms with Crippen LogP contribution in [0.15, 0.2) is 53.6 Å². The molecule has 5 heteroatoms. The van der Waals surface area contributed by atoms with Crippen molar-refractivity contribution in [3.8, 4) is 16.9 Å². The summed E-state index contributed by atoms with van der Waals surface area (Å²) in [6.45, 7) is 5.16. The van der Waals surface area contributed by atoms with Gasteiger partial charge in [0, 0.05) is 18.0 Å². The van der Waals surface area contributed by atoms with Gasteiger partial charge in [0.25, 0.3) is 0 Å². The lowest BCUT2D eigenvalue weighted by molar-refractivity contribution is 0.0204. The second-order valence-electron chi connectivity index (χ2n) is 5.66. The molecular weight excluding hydrogens is 282 g/mol. The van der Waals surface area contributed by atoms with Crippen LogP contribution in [0.1, 0.15) is 20.8 Å². The lowest BCUT2D eigenvalue weighted by Crippen LogP contribution is -2.26. The highest BCUT2D eigenvalue weighted by Gasteiger charge is 2.19. The Balaban J connectivity index is 2.34. The van der Waals surface area contributed by atoms with Crippen LogP contribution in [-0.2, 0) is 4.74 Å². The highest BCUT2D eigenvalue weighted by Crippen LogP contribution is 2.20. The zero-order valence-electron chi connectivity index (χ0n) is 12.7. The standard InChI is InChI=1S/C17H17NO4/c1-17(2,3)22-16(20)21-15-10-12(6-4-8-14(15)19)13-7-5-9-18-11-13/h4-11H,1-3H3. The second-order valence-corrected chi connectivity index (χ2v) is 5.66. The molecule has 5 nitrogen and oxygen atoms in total. The smallest absolute Gasteiger partial charge is 0.428 e. The van der Waals surface area contributed by atoms with Gasteiger partial charge in [0.05, 0.1) is 0 Å². The molecule has 2 rings (SSSR count). The van der Waals surface area contributed by atoms with Crippen LogP contribution in [0.2, 0.25) is 0 Å². The second kappa shape index (κ2) is 6.39. The van der Waals surface area contributed by atoms with Crippen LogP contribution >= 0.6 is 0 Å². The lowest BCUT2D eigenvalue weighted by Gasteiger charge is -2.18. The van der Waals surface area contributed by atoms with E-state index in [2.05, 4.69) is 4.98 Å². The van der Waals surface area contributed by atoms with Crippen molar-refractivity contribution in [3.05, 3.63) is 59.0 Å². The van der Waals surface area contributed by atoms with Gasteiger partial charge in [-0.15, -0.1) is 0 Å². The predicted octanol–water partition coefficient (Wildman–Crippen LogP) is 3.42. The molecule has 1 aromatic heterocycles. The molecule has 1 heterocycles. The summed E-state index contributed by atoms with van der Waals surface area (Å²) < 4.78 is 10.1. The number of nitrogens with zero attached hydrogens (tertiary/aromatic N) is 1. The lowest BCUT2D eigenvalue weighted by atomic mass is 10.1. The van der Waals surface area contributed by atoms with Crippen molar-refractivity contribution < 1.29 is 14.3 Å². The first-order valence-corrected chi connectivity index (χ1v) is 6.81. The minimum absolute atomic E-state index is 0.0851. The molecule has 0 saturated carbocycles. The fraction of sp³-hybridized carbons (Fsp3) is 0.235. The first-order chi connectivity index (χ1) is 10.3. The molecule has 0 fully saturated rings. The van der Waals surface area contributed by atoms with Crippen LogP contribution in [0.5, 0.6) is 5.75 Å². The molecule has 0 N–H and O–H groups in total. The van der Waals surface area contributed by atoms with E-state index >= 15 is 0 Å². The molecule has 22 heavy (non-hydrogen) atoms. The minimum Gasteiger partial charge on any atom is -0.428 e. The highest BCUT2D eigenvalue weighted by atomic mass is 16.7. The van der Waals surface area contributed by atoms with E-state index in [1.807, 2.05) is 6.07 Å². The van der Waals surface area contributed by atoms with Gasteiger partial charge in [0.15, 0.2) is 5.75 Å². The number of hydrogen-bond donors (Lipinski definition) is 0. The SMILES string of the molecule is CC(C)(C)OC(=O)Oc1cc(-c2cccnc2)cccc1=O. The number of aromatic nitrogens is 1. The molecule has 0 amide bonds. The molecule has 0 aliphatic heterocycles. The normalized spacial score (nSPS) is 10.9. The fourth-order valence-corrected chi connectivity index (χ4v) is 1.74. The third kappa shape index (κ3) is 4.41. The zero-order chi connectivity index (χ0) is 16.2. The maximum Gasteiger partial charge on any atom is 0.514 e. The Labute approximate surface area is 128 Å². The summed E-state index contributed by atoms with van der Waals surface area (Å²) in [4.78, 5) is 27.7. The highest BCUT2D eigenvalue weighted by molar-refractivity contribution is 5.67. The molecule has 0 aliphatic rings. The number of carbonyl (C=O) groups excluding carboxylic acids is 1. The molecule has 0 spiro atoms. The van der Waals surface area contributed by atoms with E-state index in [1.54, 1.807) is 51.4 Å². The molecule has 0 bridgehead atoms. The number of ether oxygens (including phenoxy) is 2. The third-order valence-corrected chi connectivity index (χ3v) is 2.63. The first-order valence-electron chi connectivity index (χ1n) is 6.81. The Kier molecular flexibility index (Phi) is 4.56. The maximum absolute atomic E-state index is 12.0. The third-order valence-electron chi connectivity index (χ3n) is 2.63. The van der Waals surface area contributed by atoms with Crippen molar-refractivity contribution >= 4 is 6.16 Å². The van der Waals surface area contributed by atoms with Crippen LogP contribution in [0, 0.1) is 0 Å². The Bertz CT molecular complexity index is 721. The van der Waals surface area contributed by atoms with E-state index in [0.29, 0.717) is 5.56 Å². The predicted molar refractivity (Wildman–Crippen MR) is 82.8 cm³/mol. The first kappa shape index (κ1) is 15.7. The van der Waals surface area contributed by atoms with E-state index in [-0.39, 0.29) is 5.75 Å². The van der Waals surface area contributed by atoms with Gasteiger partial charge in [-0.1, -0.05) is 18.2 Å². The van der Waals surface area contributed by atoms with Crippen molar-refractivity contribution in [1.82, 2.24) is 4.98 Å². The maximum atomic E-state index is 12.0. The Morgan fingerprint density at radius 1 is 1.09 bits per heavy atom. The van der Waals surface area contributed by atoms with Crippen molar-refractivity contribution in [2.24, 2.45) is 0 Å². The van der Waals surface area contributed by atoms with Crippen LogP contribution in [0.25, 0.3) is 11.1 Å². The van der Waals surface area contributed by atoms with E-state index in [1.165, 1.54) is 12.1 Å². The van der Waals surface area contributed by atoms with E-state index < -0.39 is 17.2 Å². The van der Waals surface area contributed by atoms with Gasteiger partial charge in [-0.2, -0.15) is 0 Å². The van der Waals surface area contributed by atoms with Crippen LogP contribution in [0.3, 0.4) is 0 Å². The number of pyridine rings is 1. The number of carbonyl (C=O) groups is 1. The van der Waals surface area contributed by atoms with E-state index in [0.717, 1.165) is 5.56 Å². The van der Waals surface area contributed by atoms with Gasteiger partial charge in [0.1, 0.15) is 5.60 Å². The summed E-state index contributed by atoms with van der Waals surface area (Å²) in [6.07, 6.45) is 2.41. The largest absolute Gasteiger partial charge is 0.514 e. The van der Waals surface area contributed by atoms with Gasteiger partial charge < -0.3 is 9.47 Å². The van der Waals surface area contributed by atoms with Crippen molar-refractivity contribution in [1.29, 1.82) is 0 Å². The molecule has 1 aromatic carbocycles. The van der Waals surface area contributed by atoms with Crippen molar-refractivity contribution in [3.63, 3.8) is 0 Å². The molecule has 0 aliphatic carbocycles. The minimum atomic E-state index is -0.909. The van der Waals surface area contributed by atoms with Gasteiger partial charge in [0.2, 0.25) is 5.43 Å². The average Bonchev–Trinajstić information content (AvgIpc) is 2.60. The van der Waals surface area contributed by atoms with Gasteiger partial charge in [-0.3, -0.25) is 9.78 Å². The molecule has 114 valence electrons. The number of hydrogen-bond acceptors (Lipinski definition) is 5. The summed E-state index contributed by atoms with van der Waals surface area (Å²) in [6, 6.07) is 9.83. The average molecular weight is 299 g/mol. The molecule has 2 aromatic rings. The van der Waals surface area contributed by atoms with Gasteiger partial charge >= 0.3 is 6.16 Å². The summed E-state index contributed by atoms with van der Waals surface area (Å²) >= 11 is 0. The Morgan fingerprint density at radius 2 is 1.82 bits per heavy atom. The van der Waals surface area contributed by atoms with Crippen molar-refractivity contribution in [2.45, 2.75) is 26.4 Å².